The maximum Gasteiger partial charge on any atom is 0.387 e. The number of halogens is 2. The Hall–Kier alpha value is -2.92. The van der Waals surface area contributed by atoms with E-state index in [4.69, 9.17) is 9.47 Å². The van der Waals surface area contributed by atoms with Gasteiger partial charge >= 0.3 is 6.61 Å². The van der Waals surface area contributed by atoms with Gasteiger partial charge in [0.1, 0.15) is 5.75 Å². The minimum atomic E-state index is -3.75. The molecule has 0 aliphatic carbocycles. The van der Waals surface area contributed by atoms with Gasteiger partial charge in [-0.15, -0.1) is 0 Å². The fourth-order valence-corrected chi connectivity index (χ4v) is 5.45. The minimum absolute atomic E-state index is 0.0853. The first-order chi connectivity index (χ1) is 16.1. The molecule has 0 saturated carbocycles. The van der Waals surface area contributed by atoms with Crippen molar-refractivity contribution in [2.24, 2.45) is 5.92 Å². The van der Waals surface area contributed by atoms with E-state index in [0.717, 1.165) is 0 Å². The number of sulfonamides is 1. The van der Waals surface area contributed by atoms with Gasteiger partial charge in [-0.1, -0.05) is 6.07 Å². The monoisotopic (exact) mass is 498 g/mol. The van der Waals surface area contributed by atoms with Crippen LogP contribution in [0.4, 0.5) is 8.78 Å². The average molecular weight is 499 g/mol. The van der Waals surface area contributed by atoms with Crippen molar-refractivity contribution in [3.8, 4) is 17.2 Å². The summed E-state index contributed by atoms with van der Waals surface area (Å²) in [6.07, 6.45) is 1.13. The molecular weight excluding hydrogens is 470 g/mol. The molecule has 1 unspecified atom stereocenters. The van der Waals surface area contributed by atoms with Gasteiger partial charge in [0.2, 0.25) is 15.9 Å². The number of alkyl halides is 2. The normalized spacial score (nSPS) is 16.8. The standard InChI is InChI=1S/C23H28F2N2O6S/c1-26(14-16-6-11-20(33-23(24)25)21(13-16)32-3)22(28)17-5-4-12-27(15-17)34(29,30)19-9-7-18(31-2)8-10-19/h6-11,13,17,23H,4-5,12,14-15H2,1-3H3. The van der Waals surface area contributed by atoms with Gasteiger partial charge in [0.15, 0.2) is 11.5 Å². The molecule has 2 aromatic rings. The molecule has 34 heavy (non-hydrogen) atoms. The lowest BCUT2D eigenvalue weighted by Crippen LogP contribution is -2.45. The van der Waals surface area contributed by atoms with Crippen molar-refractivity contribution in [3.63, 3.8) is 0 Å². The first kappa shape index (κ1) is 25.7. The van der Waals surface area contributed by atoms with Crippen molar-refractivity contribution in [1.82, 2.24) is 9.21 Å². The number of piperidine rings is 1. The van der Waals surface area contributed by atoms with Gasteiger partial charge in [-0.05, 0) is 54.8 Å². The summed E-state index contributed by atoms with van der Waals surface area (Å²) in [6.45, 7) is -2.36. The molecule has 0 bridgehead atoms. The number of amides is 1. The number of hydrogen-bond donors (Lipinski definition) is 0. The zero-order chi connectivity index (χ0) is 24.9. The minimum Gasteiger partial charge on any atom is -0.497 e. The average Bonchev–Trinajstić information content (AvgIpc) is 2.84. The third kappa shape index (κ3) is 5.95. The first-order valence-corrected chi connectivity index (χ1v) is 12.1. The molecule has 1 amide bonds. The molecule has 3 rings (SSSR count). The van der Waals surface area contributed by atoms with Crippen molar-refractivity contribution in [2.75, 3.05) is 34.4 Å². The molecule has 2 aromatic carbocycles. The van der Waals surface area contributed by atoms with Gasteiger partial charge < -0.3 is 19.1 Å². The molecule has 186 valence electrons. The molecule has 1 aliphatic heterocycles. The van der Waals surface area contributed by atoms with Gasteiger partial charge in [0.25, 0.3) is 0 Å². The number of carbonyl (C=O) groups excluding carboxylic acids is 1. The Morgan fingerprint density at radius 3 is 2.44 bits per heavy atom. The van der Waals surface area contributed by atoms with Crippen molar-refractivity contribution in [1.29, 1.82) is 0 Å². The first-order valence-electron chi connectivity index (χ1n) is 10.7. The van der Waals surface area contributed by atoms with Crippen molar-refractivity contribution < 1.29 is 36.2 Å². The fourth-order valence-electron chi connectivity index (χ4n) is 3.93. The van der Waals surface area contributed by atoms with E-state index in [1.807, 2.05) is 0 Å². The topological polar surface area (TPSA) is 85.4 Å². The summed E-state index contributed by atoms with van der Waals surface area (Å²) in [6, 6.07) is 10.6. The van der Waals surface area contributed by atoms with E-state index in [9.17, 15) is 22.0 Å². The molecule has 1 saturated heterocycles. The summed E-state index contributed by atoms with van der Waals surface area (Å²) < 4.78 is 67.2. The second-order valence-corrected chi connectivity index (χ2v) is 9.87. The highest BCUT2D eigenvalue weighted by Gasteiger charge is 2.34. The van der Waals surface area contributed by atoms with Gasteiger partial charge in [0.05, 0.1) is 25.0 Å². The SMILES string of the molecule is COc1ccc(S(=O)(=O)N2CCCC(C(=O)N(C)Cc3ccc(OC(F)F)c(OC)c3)C2)cc1. The van der Waals surface area contributed by atoms with Crippen LogP contribution in [0, 0.1) is 5.92 Å². The molecule has 1 atom stereocenters. The van der Waals surface area contributed by atoms with Crippen molar-refractivity contribution in [3.05, 3.63) is 48.0 Å². The van der Waals surface area contributed by atoms with Crippen LogP contribution in [0.15, 0.2) is 47.4 Å². The second-order valence-electron chi connectivity index (χ2n) is 7.94. The van der Waals surface area contributed by atoms with E-state index in [1.54, 1.807) is 25.2 Å². The zero-order valence-corrected chi connectivity index (χ0v) is 20.1. The second kappa shape index (κ2) is 11.0. The van der Waals surface area contributed by atoms with Gasteiger partial charge in [-0.2, -0.15) is 13.1 Å². The van der Waals surface area contributed by atoms with Crippen LogP contribution in [0.1, 0.15) is 18.4 Å². The van der Waals surface area contributed by atoms with Crippen LogP contribution in [0.3, 0.4) is 0 Å². The van der Waals surface area contributed by atoms with Crippen LogP contribution in [0.25, 0.3) is 0 Å². The van der Waals surface area contributed by atoms with Crippen LogP contribution in [-0.2, 0) is 21.4 Å². The summed E-state index contributed by atoms with van der Waals surface area (Å²) in [5, 5.41) is 0. The summed E-state index contributed by atoms with van der Waals surface area (Å²) in [5.74, 6) is -0.0933. The molecule has 11 heteroatoms. The third-order valence-corrected chi connectivity index (χ3v) is 7.55. The Kier molecular flexibility index (Phi) is 8.32. The molecule has 1 aliphatic rings. The predicted molar refractivity (Wildman–Crippen MR) is 121 cm³/mol. The van der Waals surface area contributed by atoms with Gasteiger partial charge in [-0.3, -0.25) is 4.79 Å². The molecule has 8 nitrogen and oxygen atoms in total. The van der Waals surface area contributed by atoms with E-state index >= 15 is 0 Å². The number of rotatable bonds is 9. The maximum absolute atomic E-state index is 13.1. The predicted octanol–water partition coefficient (Wildman–Crippen LogP) is 3.36. The number of carbonyl (C=O) groups is 1. The molecule has 1 fully saturated rings. The van der Waals surface area contributed by atoms with Gasteiger partial charge in [0, 0.05) is 26.7 Å². The number of ether oxygens (including phenoxy) is 3. The Bertz CT molecular complexity index is 1100. The zero-order valence-electron chi connectivity index (χ0n) is 19.2. The Labute approximate surface area is 198 Å². The van der Waals surface area contributed by atoms with Crippen LogP contribution >= 0.6 is 0 Å². The number of benzene rings is 2. The number of hydrogen-bond acceptors (Lipinski definition) is 6. The highest BCUT2D eigenvalue weighted by atomic mass is 32.2. The van der Waals surface area contributed by atoms with E-state index < -0.39 is 22.6 Å². The summed E-state index contributed by atoms with van der Waals surface area (Å²) in [4.78, 5) is 14.7. The number of methoxy groups -OCH3 is 2. The molecular formula is C23H28F2N2O6S. The highest BCUT2D eigenvalue weighted by molar-refractivity contribution is 7.89. The van der Waals surface area contributed by atoms with E-state index in [0.29, 0.717) is 30.7 Å². The van der Waals surface area contributed by atoms with Crippen LogP contribution < -0.4 is 14.2 Å². The van der Waals surface area contributed by atoms with E-state index in [-0.39, 0.29) is 35.4 Å². The van der Waals surface area contributed by atoms with Gasteiger partial charge in [-0.25, -0.2) is 8.42 Å². The summed E-state index contributed by atoms with van der Waals surface area (Å²) in [7, 11) is 0.716. The Morgan fingerprint density at radius 2 is 1.82 bits per heavy atom. The third-order valence-electron chi connectivity index (χ3n) is 5.67. The number of nitrogens with zero attached hydrogens (tertiary/aromatic N) is 2. The lowest BCUT2D eigenvalue weighted by atomic mass is 9.98. The fraction of sp³-hybridized carbons (Fsp3) is 0.435. The largest absolute Gasteiger partial charge is 0.497 e. The Balaban J connectivity index is 1.68. The molecule has 0 spiro atoms. The molecule has 0 radical (unpaired) electrons. The summed E-state index contributed by atoms with van der Waals surface area (Å²) in [5.41, 5.74) is 0.660. The lowest BCUT2D eigenvalue weighted by molar-refractivity contribution is -0.135. The lowest BCUT2D eigenvalue weighted by Gasteiger charge is -2.33. The maximum atomic E-state index is 13.1. The van der Waals surface area contributed by atoms with Crippen LogP contribution in [0.2, 0.25) is 0 Å². The summed E-state index contributed by atoms with van der Waals surface area (Å²) >= 11 is 0. The van der Waals surface area contributed by atoms with Crippen molar-refractivity contribution in [2.45, 2.75) is 30.9 Å². The molecule has 1 heterocycles. The smallest absolute Gasteiger partial charge is 0.387 e. The van der Waals surface area contributed by atoms with Crippen LogP contribution in [-0.4, -0.2) is 64.5 Å². The van der Waals surface area contributed by atoms with Crippen molar-refractivity contribution >= 4 is 15.9 Å². The van der Waals surface area contributed by atoms with E-state index in [1.165, 1.54) is 47.7 Å². The highest BCUT2D eigenvalue weighted by Crippen LogP contribution is 2.30. The Morgan fingerprint density at radius 1 is 1.12 bits per heavy atom. The molecule has 0 N–H and O–H groups in total. The quantitative estimate of drug-likeness (QED) is 0.527. The van der Waals surface area contributed by atoms with E-state index in [2.05, 4.69) is 4.74 Å². The van der Waals surface area contributed by atoms with Crippen LogP contribution in [0.5, 0.6) is 17.2 Å². The molecule has 0 aromatic heterocycles.